The third kappa shape index (κ3) is 4.46. The number of hydrogen-bond acceptors (Lipinski definition) is 7. The molecule has 2 heterocycles. The lowest BCUT2D eigenvalue weighted by atomic mass is 10.1. The van der Waals surface area contributed by atoms with Crippen LogP contribution in [0.5, 0.6) is 0 Å². The van der Waals surface area contributed by atoms with Crippen LogP contribution in [0.25, 0.3) is 0 Å². The van der Waals surface area contributed by atoms with Gasteiger partial charge >= 0.3 is 5.00 Å². The molecule has 4 rings (SSSR count). The number of nitrogens with one attached hydrogen (secondary N) is 1. The molecule has 0 saturated carbocycles. The van der Waals surface area contributed by atoms with Gasteiger partial charge in [-0.3, -0.25) is 19.7 Å². The minimum atomic E-state index is -0.879. The van der Waals surface area contributed by atoms with Crippen LogP contribution in [-0.4, -0.2) is 27.6 Å². The van der Waals surface area contributed by atoms with Gasteiger partial charge in [-0.25, -0.2) is 0 Å². The van der Waals surface area contributed by atoms with Gasteiger partial charge in [-0.1, -0.05) is 35.1 Å². The monoisotopic (exact) mass is 470 g/mol. The quantitative estimate of drug-likeness (QED) is 0.425. The molecule has 162 valence electrons. The Hall–Kier alpha value is -3.76. The Kier molecular flexibility index (Phi) is 5.89. The van der Waals surface area contributed by atoms with Gasteiger partial charge in [-0.2, -0.15) is 5.01 Å². The van der Waals surface area contributed by atoms with Crippen molar-refractivity contribution in [2.75, 3.05) is 5.32 Å². The molecule has 0 bridgehead atoms. The average Bonchev–Trinajstić information content (AvgIpc) is 3.42. The second-order valence-corrected chi connectivity index (χ2v) is 8.22. The van der Waals surface area contributed by atoms with E-state index in [0.717, 1.165) is 16.3 Å². The number of hydrazone groups is 1. The Bertz CT molecular complexity index is 1240. The van der Waals surface area contributed by atoms with E-state index in [1.165, 1.54) is 19.1 Å². The van der Waals surface area contributed by atoms with Crippen LogP contribution in [0.3, 0.4) is 0 Å². The Morgan fingerprint density at radius 3 is 2.59 bits per heavy atom. The van der Waals surface area contributed by atoms with E-state index in [-0.39, 0.29) is 22.7 Å². The molecule has 11 heteroatoms. The standard InChI is InChI=1S/C21H15ClN4O5S/c1-12(27)25-21(31-20(24-25)17-9-10-18(32-17)26(29)30)14-3-2-4-16(11-14)23-19(28)13-5-7-15(22)8-6-13/h2-11,21H,1H3,(H,23,28)/t21-/m0/s1. The van der Waals surface area contributed by atoms with Gasteiger partial charge in [-0.05, 0) is 42.5 Å². The van der Waals surface area contributed by atoms with E-state index < -0.39 is 11.2 Å². The number of ether oxygens (including phenoxy) is 1. The van der Waals surface area contributed by atoms with Crippen LogP contribution in [0.2, 0.25) is 5.02 Å². The number of carbonyl (C=O) groups excluding carboxylic acids is 2. The molecular weight excluding hydrogens is 456 g/mol. The Balaban J connectivity index is 1.56. The summed E-state index contributed by atoms with van der Waals surface area (Å²) in [6.07, 6.45) is -0.879. The molecule has 0 radical (unpaired) electrons. The predicted octanol–water partition coefficient (Wildman–Crippen LogP) is 4.80. The van der Waals surface area contributed by atoms with Crippen LogP contribution in [0.15, 0.2) is 65.8 Å². The molecule has 0 saturated heterocycles. The summed E-state index contributed by atoms with van der Waals surface area (Å²) in [5.41, 5.74) is 1.50. The molecule has 0 fully saturated rings. The topological polar surface area (TPSA) is 114 Å². The fourth-order valence-corrected chi connectivity index (χ4v) is 3.87. The minimum Gasteiger partial charge on any atom is -0.445 e. The molecule has 2 aromatic carbocycles. The minimum absolute atomic E-state index is 0.0592. The summed E-state index contributed by atoms with van der Waals surface area (Å²) in [7, 11) is 0. The number of carbonyl (C=O) groups is 2. The van der Waals surface area contributed by atoms with Gasteiger partial charge in [-0.15, -0.1) is 5.10 Å². The molecule has 3 aromatic rings. The average molecular weight is 471 g/mol. The van der Waals surface area contributed by atoms with Crippen molar-refractivity contribution in [1.82, 2.24) is 5.01 Å². The number of rotatable bonds is 5. The summed E-state index contributed by atoms with van der Waals surface area (Å²) in [4.78, 5) is 35.5. The zero-order chi connectivity index (χ0) is 22.8. The van der Waals surface area contributed by atoms with Crippen LogP contribution in [0.1, 0.15) is 34.0 Å². The first-order valence-electron chi connectivity index (χ1n) is 9.28. The van der Waals surface area contributed by atoms with E-state index in [0.29, 0.717) is 26.7 Å². The maximum atomic E-state index is 12.5. The number of thiophene rings is 1. The van der Waals surface area contributed by atoms with Gasteiger partial charge in [0, 0.05) is 34.8 Å². The molecule has 1 atom stereocenters. The van der Waals surface area contributed by atoms with E-state index >= 15 is 0 Å². The second-order valence-electron chi connectivity index (χ2n) is 6.72. The summed E-state index contributed by atoms with van der Waals surface area (Å²) >= 11 is 6.76. The molecule has 0 unspecified atom stereocenters. The normalized spacial score (nSPS) is 15.1. The third-order valence-electron chi connectivity index (χ3n) is 4.49. The second kappa shape index (κ2) is 8.77. The number of benzene rings is 2. The van der Waals surface area contributed by atoms with Gasteiger partial charge < -0.3 is 10.1 Å². The predicted molar refractivity (Wildman–Crippen MR) is 120 cm³/mol. The molecule has 1 aromatic heterocycles. The lowest BCUT2D eigenvalue weighted by Gasteiger charge is -2.20. The van der Waals surface area contributed by atoms with Crippen LogP contribution in [-0.2, 0) is 9.53 Å². The lowest BCUT2D eigenvalue weighted by Crippen LogP contribution is -2.25. The third-order valence-corrected chi connectivity index (χ3v) is 5.76. The van der Waals surface area contributed by atoms with Crippen LogP contribution in [0, 0.1) is 10.1 Å². The van der Waals surface area contributed by atoms with Crippen molar-refractivity contribution in [3.63, 3.8) is 0 Å². The summed E-state index contributed by atoms with van der Waals surface area (Å²) in [5.74, 6) is -0.581. The number of nitro groups is 1. The number of amides is 2. The Morgan fingerprint density at radius 1 is 1.19 bits per heavy atom. The van der Waals surface area contributed by atoms with Gasteiger partial charge in [0.15, 0.2) is 0 Å². The molecule has 9 nitrogen and oxygen atoms in total. The zero-order valence-electron chi connectivity index (χ0n) is 16.5. The van der Waals surface area contributed by atoms with Crippen molar-refractivity contribution in [1.29, 1.82) is 0 Å². The summed E-state index contributed by atoms with van der Waals surface area (Å²) in [6.45, 7) is 1.34. The molecule has 1 N–H and O–H groups in total. The van der Waals surface area contributed by atoms with Crippen LogP contribution >= 0.6 is 22.9 Å². The zero-order valence-corrected chi connectivity index (χ0v) is 18.1. The van der Waals surface area contributed by atoms with E-state index in [1.54, 1.807) is 48.5 Å². The van der Waals surface area contributed by atoms with Crippen molar-refractivity contribution < 1.29 is 19.2 Å². The van der Waals surface area contributed by atoms with Gasteiger partial charge in [0.25, 0.3) is 11.8 Å². The molecule has 32 heavy (non-hydrogen) atoms. The number of nitrogens with zero attached hydrogens (tertiary/aromatic N) is 3. The maximum Gasteiger partial charge on any atom is 0.324 e. The highest BCUT2D eigenvalue weighted by atomic mass is 35.5. The first-order valence-corrected chi connectivity index (χ1v) is 10.5. The number of halogens is 1. The van der Waals surface area contributed by atoms with E-state index in [4.69, 9.17) is 16.3 Å². The first-order chi connectivity index (χ1) is 15.3. The smallest absolute Gasteiger partial charge is 0.324 e. The molecule has 1 aliphatic heterocycles. The van der Waals surface area contributed by atoms with Gasteiger partial charge in [0.05, 0.1) is 9.80 Å². The molecular formula is C21H15ClN4O5S. The van der Waals surface area contributed by atoms with E-state index in [1.807, 2.05) is 0 Å². The molecule has 2 amide bonds. The Labute approximate surface area is 191 Å². The summed E-state index contributed by atoms with van der Waals surface area (Å²) in [5, 5.41) is 19.6. The summed E-state index contributed by atoms with van der Waals surface area (Å²) < 4.78 is 5.87. The van der Waals surface area contributed by atoms with E-state index in [2.05, 4.69) is 10.4 Å². The number of anilines is 1. The van der Waals surface area contributed by atoms with Crippen molar-refractivity contribution in [2.24, 2.45) is 5.10 Å². The van der Waals surface area contributed by atoms with Gasteiger partial charge in [0.2, 0.25) is 12.1 Å². The van der Waals surface area contributed by atoms with Crippen molar-refractivity contribution in [3.8, 4) is 0 Å². The first kappa shape index (κ1) is 21.5. The van der Waals surface area contributed by atoms with Gasteiger partial charge in [0.1, 0.15) is 0 Å². The van der Waals surface area contributed by atoms with Crippen molar-refractivity contribution in [2.45, 2.75) is 13.2 Å². The van der Waals surface area contributed by atoms with Crippen LogP contribution in [0.4, 0.5) is 10.7 Å². The van der Waals surface area contributed by atoms with Crippen molar-refractivity contribution in [3.05, 3.63) is 91.8 Å². The fourth-order valence-electron chi connectivity index (χ4n) is 3.00. The highest BCUT2D eigenvalue weighted by Gasteiger charge is 2.34. The van der Waals surface area contributed by atoms with Crippen LogP contribution < -0.4 is 5.32 Å². The highest BCUT2D eigenvalue weighted by Crippen LogP contribution is 2.34. The van der Waals surface area contributed by atoms with E-state index in [9.17, 15) is 19.7 Å². The Morgan fingerprint density at radius 2 is 1.94 bits per heavy atom. The highest BCUT2D eigenvalue weighted by molar-refractivity contribution is 7.17. The fraction of sp³-hybridized carbons (Fsp3) is 0.0952. The lowest BCUT2D eigenvalue weighted by molar-refractivity contribution is -0.380. The SMILES string of the molecule is CC(=O)N1N=C(c2ccc([N+](=O)[O-])s2)O[C@H]1c1cccc(NC(=O)c2ccc(Cl)cc2)c1. The maximum absolute atomic E-state index is 12.5. The molecule has 0 spiro atoms. The molecule has 1 aliphatic rings. The summed E-state index contributed by atoms with van der Waals surface area (Å²) in [6, 6.07) is 16.2. The molecule has 0 aliphatic carbocycles. The largest absolute Gasteiger partial charge is 0.445 e. The number of hydrogen-bond donors (Lipinski definition) is 1. The van der Waals surface area contributed by atoms with Crippen molar-refractivity contribution >= 4 is 51.3 Å².